The van der Waals surface area contributed by atoms with E-state index < -0.39 is 17.8 Å². The fourth-order valence-corrected chi connectivity index (χ4v) is 2.35. The molecule has 0 aliphatic heterocycles. The molecule has 0 saturated heterocycles. The van der Waals surface area contributed by atoms with Crippen LogP contribution in [-0.2, 0) is 15.8 Å². The van der Waals surface area contributed by atoms with Gasteiger partial charge >= 0.3 is 6.18 Å². The van der Waals surface area contributed by atoms with Gasteiger partial charge in [0.25, 0.3) is 0 Å². The molecule has 0 spiro atoms. The lowest BCUT2D eigenvalue weighted by atomic mass is 10.3. The van der Waals surface area contributed by atoms with E-state index >= 15 is 0 Å². The zero-order valence-electron chi connectivity index (χ0n) is 15.4. The number of carbonyl (C=O) groups excluding carboxylic acids is 2. The van der Waals surface area contributed by atoms with Gasteiger partial charge in [0.05, 0.1) is 12.1 Å². The third-order valence-electron chi connectivity index (χ3n) is 3.88. The minimum absolute atomic E-state index is 0.122. The smallest absolute Gasteiger partial charge is 0.368 e. The van der Waals surface area contributed by atoms with Crippen molar-refractivity contribution >= 4 is 17.6 Å². The number of alkyl halides is 3. The summed E-state index contributed by atoms with van der Waals surface area (Å²) in [6, 6.07) is 3.32. The van der Waals surface area contributed by atoms with E-state index in [-0.39, 0.29) is 37.3 Å². The van der Waals surface area contributed by atoms with Crippen molar-refractivity contribution in [3.8, 4) is 0 Å². The molecule has 0 saturated carbocycles. The lowest BCUT2D eigenvalue weighted by Crippen LogP contribution is -2.42. The predicted octanol–water partition coefficient (Wildman–Crippen LogP) is 1.54. The Morgan fingerprint density at radius 1 is 1.29 bits per heavy atom. The second kappa shape index (κ2) is 9.20. The van der Waals surface area contributed by atoms with Crippen LogP contribution >= 0.6 is 0 Å². The maximum absolute atomic E-state index is 12.5. The lowest BCUT2D eigenvalue weighted by Gasteiger charge is -2.21. The van der Waals surface area contributed by atoms with Crippen LogP contribution in [0.2, 0.25) is 0 Å². The van der Waals surface area contributed by atoms with Crippen LogP contribution in [0.3, 0.4) is 0 Å². The molecule has 0 aliphatic rings. The molecular weight excluding hydrogens is 377 g/mol. The Morgan fingerprint density at radius 3 is 2.61 bits per heavy atom. The van der Waals surface area contributed by atoms with Gasteiger partial charge in [-0.2, -0.15) is 18.3 Å². The molecule has 11 heteroatoms. The van der Waals surface area contributed by atoms with E-state index in [1.807, 2.05) is 0 Å². The maximum atomic E-state index is 12.5. The SMILES string of the molecule is CC(C(=O)N(C)CC(=O)NCCNc1ccc(C(F)(F)F)cn1)n1cccn1. The molecule has 0 radical (unpaired) electrons. The van der Waals surface area contributed by atoms with Gasteiger partial charge in [0.15, 0.2) is 0 Å². The first kappa shape index (κ1) is 21.2. The number of hydrogen-bond acceptors (Lipinski definition) is 5. The van der Waals surface area contributed by atoms with Gasteiger partial charge < -0.3 is 15.5 Å². The third kappa shape index (κ3) is 5.96. The average molecular weight is 398 g/mol. The van der Waals surface area contributed by atoms with Crippen LogP contribution in [0.4, 0.5) is 19.0 Å². The van der Waals surface area contributed by atoms with Gasteiger partial charge in [-0.3, -0.25) is 14.3 Å². The second-order valence-corrected chi connectivity index (χ2v) is 6.06. The molecule has 0 aromatic carbocycles. The van der Waals surface area contributed by atoms with E-state index in [2.05, 4.69) is 20.7 Å². The molecule has 2 N–H and O–H groups in total. The molecule has 1 atom stereocenters. The van der Waals surface area contributed by atoms with Crippen molar-refractivity contribution in [1.82, 2.24) is 25.0 Å². The van der Waals surface area contributed by atoms with Gasteiger partial charge in [0.1, 0.15) is 11.9 Å². The zero-order chi connectivity index (χ0) is 20.7. The summed E-state index contributed by atoms with van der Waals surface area (Å²) in [7, 11) is 1.52. The highest BCUT2D eigenvalue weighted by Crippen LogP contribution is 2.28. The number of hydrogen-bond donors (Lipinski definition) is 2. The second-order valence-electron chi connectivity index (χ2n) is 6.06. The van der Waals surface area contributed by atoms with E-state index in [9.17, 15) is 22.8 Å². The number of nitrogens with one attached hydrogen (secondary N) is 2. The van der Waals surface area contributed by atoms with Gasteiger partial charge in [-0.1, -0.05) is 0 Å². The number of likely N-dealkylation sites (N-methyl/N-ethyl adjacent to an activating group) is 1. The first-order valence-electron chi connectivity index (χ1n) is 8.46. The number of anilines is 1. The Morgan fingerprint density at radius 2 is 2.04 bits per heavy atom. The van der Waals surface area contributed by atoms with Crippen LogP contribution < -0.4 is 10.6 Å². The molecule has 152 valence electrons. The Kier molecular flexibility index (Phi) is 6.96. The Hall–Kier alpha value is -3.11. The minimum atomic E-state index is -4.43. The van der Waals surface area contributed by atoms with Gasteiger partial charge in [-0.25, -0.2) is 4.98 Å². The van der Waals surface area contributed by atoms with Crippen LogP contribution in [0.5, 0.6) is 0 Å². The lowest BCUT2D eigenvalue weighted by molar-refractivity contribution is -0.138. The molecule has 0 bridgehead atoms. The van der Waals surface area contributed by atoms with E-state index in [1.165, 1.54) is 22.7 Å². The fraction of sp³-hybridized carbons (Fsp3) is 0.412. The molecule has 2 heterocycles. The first-order chi connectivity index (χ1) is 13.2. The summed E-state index contributed by atoms with van der Waals surface area (Å²) in [6.45, 7) is 2.05. The minimum Gasteiger partial charge on any atom is -0.368 e. The Labute approximate surface area is 159 Å². The number of aromatic nitrogens is 3. The number of pyridine rings is 1. The monoisotopic (exact) mass is 398 g/mol. The van der Waals surface area contributed by atoms with Crippen molar-refractivity contribution in [2.75, 3.05) is 32.0 Å². The molecule has 1 unspecified atom stereocenters. The largest absolute Gasteiger partial charge is 0.417 e. The Balaban J connectivity index is 1.70. The molecule has 8 nitrogen and oxygen atoms in total. The van der Waals surface area contributed by atoms with Crippen molar-refractivity contribution in [2.24, 2.45) is 0 Å². The predicted molar refractivity (Wildman–Crippen MR) is 95.3 cm³/mol. The summed E-state index contributed by atoms with van der Waals surface area (Å²) in [4.78, 5) is 29.2. The van der Waals surface area contributed by atoms with Gasteiger partial charge in [-0.15, -0.1) is 0 Å². The maximum Gasteiger partial charge on any atom is 0.417 e. The van der Waals surface area contributed by atoms with Crippen molar-refractivity contribution in [2.45, 2.75) is 19.1 Å². The van der Waals surface area contributed by atoms with Crippen LogP contribution in [0.25, 0.3) is 0 Å². The normalized spacial score (nSPS) is 12.3. The number of carbonyl (C=O) groups is 2. The van der Waals surface area contributed by atoms with Crippen molar-refractivity contribution in [3.63, 3.8) is 0 Å². The van der Waals surface area contributed by atoms with Gasteiger partial charge in [0, 0.05) is 38.7 Å². The summed E-state index contributed by atoms with van der Waals surface area (Å²) in [5, 5.41) is 9.43. The first-order valence-corrected chi connectivity index (χ1v) is 8.46. The number of halogens is 3. The summed E-state index contributed by atoms with van der Waals surface area (Å²) in [5.41, 5.74) is -0.830. The zero-order valence-corrected chi connectivity index (χ0v) is 15.4. The summed E-state index contributed by atoms with van der Waals surface area (Å²) < 4.78 is 38.9. The molecule has 2 aromatic heterocycles. The van der Waals surface area contributed by atoms with E-state index in [0.29, 0.717) is 0 Å². The summed E-state index contributed by atoms with van der Waals surface area (Å²) in [5.74, 6) is -0.348. The molecule has 0 fully saturated rings. The average Bonchev–Trinajstić information content (AvgIpc) is 3.18. The van der Waals surface area contributed by atoms with Crippen molar-refractivity contribution in [3.05, 3.63) is 42.4 Å². The molecule has 2 amide bonds. The number of nitrogens with zero attached hydrogens (tertiary/aromatic N) is 4. The summed E-state index contributed by atoms with van der Waals surface area (Å²) in [6.07, 6.45) is -0.466. The highest BCUT2D eigenvalue weighted by molar-refractivity contribution is 5.86. The highest BCUT2D eigenvalue weighted by Gasteiger charge is 2.30. The van der Waals surface area contributed by atoms with E-state index in [0.717, 1.165) is 12.3 Å². The van der Waals surface area contributed by atoms with Crippen LogP contribution in [-0.4, -0.2) is 58.2 Å². The number of amides is 2. The van der Waals surface area contributed by atoms with Gasteiger partial charge in [0.2, 0.25) is 11.8 Å². The Bertz CT molecular complexity index is 777. The summed E-state index contributed by atoms with van der Waals surface area (Å²) >= 11 is 0. The van der Waals surface area contributed by atoms with Crippen molar-refractivity contribution in [1.29, 1.82) is 0 Å². The van der Waals surface area contributed by atoms with E-state index in [4.69, 9.17) is 0 Å². The highest BCUT2D eigenvalue weighted by atomic mass is 19.4. The quantitative estimate of drug-likeness (QED) is 0.659. The molecule has 28 heavy (non-hydrogen) atoms. The molecular formula is C17H21F3N6O2. The third-order valence-corrected chi connectivity index (χ3v) is 3.88. The topological polar surface area (TPSA) is 92.2 Å². The fourth-order valence-electron chi connectivity index (χ4n) is 2.35. The standard InChI is InChI=1S/C17H21F3N6O2/c1-12(26-9-3-6-24-26)16(28)25(2)11-15(27)22-8-7-21-14-5-4-13(10-23-14)17(18,19)20/h3-6,9-10,12H,7-8,11H2,1-2H3,(H,21,23)(H,22,27). The molecule has 0 aliphatic carbocycles. The van der Waals surface area contributed by atoms with Crippen LogP contribution in [0.1, 0.15) is 18.5 Å². The molecule has 2 rings (SSSR count). The van der Waals surface area contributed by atoms with E-state index in [1.54, 1.807) is 25.4 Å². The van der Waals surface area contributed by atoms with Crippen LogP contribution in [0.15, 0.2) is 36.8 Å². The van der Waals surface area contributed by atoms with Crippen LogP contribution in [0, 0.1) is 0 Å². The number of rotatable bonds is 8. The molecule has 2 aromatic rings. The van der Waals surface area contributed by atoms with Crippen molar-refractivity contribution < 1.29 is 22.8 Å². The van der Waals surface area contributed by atoms with Gasteiger partial charge in [-0.05, 0) is 25.1 Å².